The van der Waals surface area contributed by atoms with Crippen molar-refractivity contribution >= 4 is 43.7 Å². The third-order valence-electron chi connectivity index (χ3n) is 2.62. The fraction of sp³-hybridized carbons (Fsp3) is 0.385. The molecule has 2 amide bonds. The molecule has 0 heterocycles. The summed E-state index contributed by atoms with van der Waals surface area (Å²) in [5.41, 5.74) is 5.77. The summed E-state index contributed by atoms with van der Waals surface area (Å²) in [5.74, 6) is -0.808. The Bertz CT molecular complexity index is 457. The molecule has 0 unspecified atom stereocenters. The molecule has 0 fully saturated rings. The van der Waals surface area contributed by atoms with Gasteiger partial charge in [-0.25, -0.2) is 0 Å². The lowest BCUT2D eigenvalue weighted by atomic mass is 10.1. The number of hydrogen-bond donors (Lipinski definition) is 2. The highest BCUT2D eigenvalue weighted by Gasteiger charge is 2.18. The van der Waals surface area contributed by atoms with E-state index in [4.69, 9.17) is 5.73 Å². The van der Waals surface area contributed by atoms with Crippen LogP contribution in [-0.4, -0.2) is 17.9 Å². The summed E-state index contributed by atoms with van der Waals surface area (Å²) in [5, 5.41) is 2.67. The molecule has 0 radical (unpaired) electrons. The van der Waals surface area contributed by atoms with Gasteiger partial charge in [-0.2, -0.15) is 0 Å². The van der Waals surface area contributed by atoms with E-state index in [9.17, 15) is 9.59 Å². The van der Waals surface area contributed by atoms with Crippen LogP contribution in [0.25, 0.3) is 0 Å². The predicted octanol–water partition coefficient (Wildman–Crippen LogP) is 2.99. The molecule has 1 aromatic carbocycles. The molecule has 0 saturated carbocycles. The minimum atomic E-state index is -0.620. The van der Waals surface area contributed by atoms with Crippen molar-refractivity contribution in [3.63, 3.8) is 0 Å². The quantitative estimate of drug-likeness (QED) is 0.782. The van der Waals surface area contributed by atoms with Gasteiger partial charge in [0, 0.05) is 14.5 Å². The number of rotatable bonds is 6. The zero-order valence-electron chi connectivity index (χ0n) is 10.6. The number of benzene rings is 1. The third-order valence-corrected chi connectivity index (χ3v) is 3.54. The van der Waals surface area contributed by atoms with Crippen LogP contribution in [0.2, 0.25) is 0 Å². The monoisotopic (exact) mass is 390 g/mol. The van der Waals surface area contributed by atoms with E-state index >= 15 is 0 Å². The molecule has 0 aliphatic rings. The van der Waals surface area contributed by atoms with E-state index in [2.05, 4.69) is 37.2 Å². The first kappa shape index (κ1) is 16.2. The zero-order valence-corrected chi connectivity index (χ0v) is 13.8. The van der Waals surface area contributed by atoms with Crippen molar-refractivity contribution in [2.24, 2.45) is 5.73 Å². The number of hydrogen-bond acceptors (Lipinski definition) is 2. The Morgan fingerprint density at radius 3 is 2.32 bits per heavy atom. The summed E-state index contributed by atoms with van der Waals surface area (Å²) in [6.45, 7) is 2.02. The maximum atomic E-state index is 12.1. The van der Waals surface area contributed by atoms with Crippen molar-refractivity contribution in [3.05, 3.63) is 32.7 Å². The molecule has 1 atom stereocenters. The second-order valence-electron chi connectivity index (χ2n) is 4.23. The van der Waals surface area contributed by atoms with Gasteiger partial charge < -0.3 is 11.1 Å². The highest BCUT2D eigenvalue weighted by Crippen LogP contribution is 2.20. The van der Waals surface area contributed by atoms with Gasteiger partial charge >= 0.3 is 0 Å². The molecule has 3 N–H and O–H groups in total. The normalized spacial score (nSPS) is 11.9. The molecule has 1 aromatic rings. The van der Waals surface area contributed by atoms with E-state index in [0.717, 1.165) is 21.8 Å². The second-order valence-corrected chi connectivity index (χ2v) is 6.06. The lowest BCUT2D eigenvalue weighted by molar-refractivity contribution is -0.120. The highest BCUT2D eigenvalue weighted by molar-refractivity contribution is 9.11. The van der Waals surface area contributed by atoms with Crippen LogP contribution in [-0.2, 0) is 4.79 Å². The molecule has 0 spiro atoms. The van der Waals surface area contributed by atoms with Gasteiger partial charge in [-0.1, -0.05) is 51.6 Å². The molecule has 0 saturated heterocycles. The minimum Gasteiger partial charge on any atom is -0.368 e. The van der Waals surface area contributed by atoms with Crippen molar-refractivity contribution in [3.8, 4) is 0 Å². The number of carbonyl (C=O) groups excluding carboxylic acids is 2. The van der Waals surface area contributed by atoms with E-state index < -0.39 is 11.9 Å². The molecule has 0 aromatic heterocycles. The SMILES string of the molecule is CCCC[C@H](NC(=O)c1cc(Br)cc(Br)c1)C(N)=O. The van der Waals surface area contributed by atoms with Crippen LogP contribution >= 0.6 is 31.9 Å². The van der Waals surface area contributed by atoms with Crippen LogP contribution in [0.1, 0.15) is 36.5 Å². The number of carbonyl (C=O) groups is 2. The molecular formula is C13H16Br2N2O2. The molecule has 1 rings (SSSR count). The maximum Gasteiger partial charge on any atom is 0.252 e. The van der Waals surface area contributed by atoms with Crippen molar-refractivity contribution in [1.82, 2.24) is 5.32 Å². The van der Waals surface area contributed by atoms with Gasteiger partial charge in [0.1, 0.15) is 6.04 Å². The number of unbranched alkanes of at least 4 members (excludes halogenated alkanes) is 1. The van der Waals surface area contributed by atoms with Crippen LogP contribution < -0.4 is 11.1 Å². The van der Waals surface area contributed by atoms with Crippen molar-refractivity contribution in [2.75, 3.05) is 0 Å². The third kappa shape index (κ3) is 5.32. The standard InChI is InChI=1S/C13H16Br2N2O2/c1-2-3-4-11(12(16)18)17-13(19)8-5-9(14)7-10(15)6-8/h5-7,11H,2-4H2,1H3,(H2,16,18)(H,17,19)/t11-/m0/s1. The Kier molecular flexibility index (Phi) is 6.51. The van der Waals surface area contributed by atoms with E-state index in [1.807, 2.05) is 13.0 Å². The molecular weight excluding hydrogens is 376 g/mol. The largest absolute Gasteiger partial charge is 0.368 e. The molecule has 19 heavy (non-hydrogen) atoms. The summed E-state index contributed by atoms with van der Waals surface area (Å²) >= 11 is 6.63. The molecule has 0 aliphatic heterocycles. The zero-order chi connectivity index (χ0) is 14.4. The van der Waals surface area contributed by atoms with Crippen molar-refractivity contribution in [2.45, 2.75) is 32.2 Å². The summed E-state index contributed by atoms with van der Waals surface area (Å²) in [7, 11) is 0. The maximum absolute atomic E-state index is 12.1. The van der Waals surface area contributed by atoms with Gasteiger partial charge in [0.05, 0.1) is 0 Å². The van der Waals surface area contributed by atoms with Crippen LogP contribution in [0.4, 0.5) is 0 Å². The Labute approximate surface area is 129 Å². The van der Waals surface area contributed by atoms with E-state index in [1.165, 1.54) is 0 Å². The number of primary amides is 1. The minimum absolute atomic E-state index is 0.304. The van der Waals surface area contributed by atoms with Crippen molar-refractivity contribution < 1.29 is 9.59 Å². The van der Waals surface area contributed by atoms with Crippen LogP contribution in [0, 0.1) is 0 Å². The molecule has 0 bridgehead atoms. The number of halogens is 2. The van der Waals surface area contributed by atoms with Crippen LogP contribution in [0.15, 0.2) is 27.1 Å². The van der Waals surface area contributed by atoms with E-state index in [1.54, 1.807) is 12.1 Å². The van der Waals surface area contributed by atoms with Gasteiger partial charge in [-0.15, -0.1) is 0 Å². The average Bonchev–Trinajstić information content (AvgIpc) is 2.32. The Hall–Kier alpha value is -0.880. The van der Waals surface area contributed by atoms with Crippen LogP contribution in [0.3, 0.4) is 0 Å². The molecule has 4 nitrogen and oxygen atoms in total. The first-order valence-electron chi connectivity index (χ1n) is 6.00. The predicted molar refractivity (Wildman–Crippen MR) is 81.8 cm³/mol. The van der Waals surface area contributed by atoms with Gasteiger partial charge in [0.25, 0.3) is 5.91 Å². The number of nitrogens with one attached hydrogen (secondary N) is 1. The van der Waals surface area contributed by atoms with Crippen molar-refractivity contribution in [1.29, 1.82) is 0 Å². The fourth-order valence-corrected chi connectivity index (χ4v) is 2.91. The number of amides is 2. The van der Waals surface area contributed by atoms with Gasteiger partial charge in [0.2, 0.25) is 5.91 Å². The molecule has 104 valence electrons. The van der Waals surface area contributed by atoms with Gasteiger partial charge in [-0.3, -0.25) is 9.59 Å². The smallest absolute Gasteiger partial charge is 0.252 e. The Balaban J connectivity index is 2.78. The average molecular weight is 392 g/mol. The lowest BCUT2D eigenvalue weighted by Crippen LogP contribution is -2.44. The van der Waals surface area contributed by atoms with Crippen LogP contribution in [0.5, 0.6) is 0 Å². The van der Waals surface area contributed by atoms with Gasteiger partial charge in [0.15, 0.2) is 0 Å². The summed E-state index contributed by atoms with van der Waals surface area (Å²) in [6, 6.07) is 4.60. The summed E-state index contributed by atoms with van der Waals surface area (Å²) in [6.07, 6.45) is 2.35. The van der Waals surface area contributed by atoms with E-state index in [-0.39, 0.29) is 5.91 Å². The lowest BCUT2D eigenvalue weighted by Gasteiger charge is -2.15. The van der Waals surface area contributed by atoms with E-state index in [0.29, 0.717) is 12.0 Å². The first-order valence-corrected chi connectivity index (χ1v) is 7.59. The number of nitrogens with two attached hydrogens (primary N) is 1. The summed E-state index contributed by atoms with van der Waals surface area (Å²) in [4.78, 5) is 23.4. The van der Waals surface area contributed by atoms with Gasteiger partial charge in [-0.05, 0) is 24.6 Å². The molecule has 6 heteroatoms. The Morgan fingerprint density at radius 1 is 1.26 bits per heavy atom. The summed E-state index contributed by atoms with van der Waals surface area (Å²) < 4.78 is 1.58. The Morgan fingerprint density at radius 2 is 1.84 bits per heavy atom. The topological polar surface area (TPSA) is 72.2 Å². The second kappa shape index (κ2) is 7.65. The first-order chi connectivity index (χ1) is 8.93. The molecule has 0 aliphatic carbocycles. The fourth-order valence-electron chi connectivity index (χ4n) is 1.62. The highest BCUT2D eigenvalue weighted by atomic mass is 79.9.